The summed E-state index contributed by atoms with van der Waals surface area (Å²) in [5, 5.41) is 10.8. The molecule has 8 nitrogen and oxygen atoms in total. The van der Waals surface area contributed by atoms with Crippen LogP contribution in [-0.4, -0.2) is 47.9 Å². The van der Waals surface area contributed by atoms with Crippen molar-refractivity contribution in [2.45, 2.75) is 148 Å². The number of fused-ring (bicyclic) bond motifs is 1. The number of hydrogen-bond acceptors (Lipinski definition) is 5. The minimum absolute atomic E-state index is 0.0772. The monoisotopic (exact) mass is 661 g/mol. The summed E-state index contributed by atoms with van der Waals surface area (Å²) < 4.78 is 0. The fraction of sp³-hybridized carbons (Fsp3) is 0.625. The van der Waals surface area contributed by atoms with E-state index < -0.39 is 29.9 Å². The van der Waals surface area contributed by atoms with Crippen LogP contribution in [0.15, 0.2) is 42.5 Å². The van der Waals surface area contributed by atoms with Gasteiger partial charge in [0.2, 0.25) is 17.7 Å². The molecular weight excluding hydrogens is 602 g/mol. The second-order valence-corrected chi connectivity index (χ2v) is 14.1. The number of unbranched alkanes of at least 4 members (excludes halogenated alkanes) is 8. The number of rotatable bonds is 22. The number of hydrogen-bond donors (Lipinski definition) is 3. The molecular formula is C40H59N3O5. The van der Waals surface area contributed by atoms with Crippen LogP contribution in [0, 0.1) is 11.8 Å². The lowest BCUT2D eigenvalue weighted by Gasteiger charge is -2.27. The lowest BCUT2D eigenvalue weighted by Crippen LogP contribution is -2.56. The van der Waals surface area contributed by atoms with Crippen LogP contribution in [-0.2, 0) is 30.4 Å². The molecule has 0 aromatic heterocycles. The maximum atomic E-state index is 13.9. The van der Waals surface area contributed by atoms with Crippen LogP contribution >= 0.6 is 0 Å². The van der Waals surface area contributed by atoms with Gasteiger partial charge in [-0.3, -0.25) is 19.2 Å². The normalized spacial score (nSPS) is 16.7. The van der Waals surface area contributed by atoms with Crippen molar-refractivity contribution in [3.63, 3.8) is 0 Å². The SMILES string of the molecule is CCCCCCCCCCCC(=O)N[C@@H](Cc1cccc2ccccc12)C(=O)N[C@@H](CC(C)C)C(=O)N[C@H](C=O)C[C@@H]1CCCCC1=O. The van der Waals surface area contributed by atoms with Crippen molar-refractivity contribution in [3.8, 4) is 0 Å². The van der Waals surface area contributed by atoms with Gasteiger partial charge in [0.05, 0.1) is 6.04 Å². The van der Waals surface area contributed by atoms with Crippen LogP contribution in [0.4, 0.5) is 0 Å². The average Bonchev–Trinajstić information content (AvgIpc) is 3.07. The second-order valence-electron chi connectivity index (χ2n) is 14.1. The van der Waals surface area contributed by atoms with Crippen molar-refractivity contribution in [1.82, 2.24) is 16.0 Å². The summed E-state index contributed by atoms with van der Waals surface area (Å²) >= 11 is 0. The van der Waals surface area contributed by atoms with E-state index >= 15 is 0 Å². The molecule has 48 heavy (non-hydrogen) atoms. The van der Waals surface area contributed by atoms with Crippen molar-refractivity contribution in [1.29, 1.82) is 0 Å². The van der Waals surface area contributed by atoms with Crippen molar-refractivity contribution >= 4 is 40.6 Å². The van der Waals surface area contributed by atoms with Crippen LogP contribution in [0.25, 0.3) is 10.8 Å². The van der Waals surface area contributed by atoms with E-state index in [1.54, 1.807) is 0 Å². The Morgan fingerprint density at radius 1 is 0.812 bits per heavy atom. The van der Waals surface area contributed by atoms with Gasteiger partial charge in [0.1, 0.15) is 24.2 Å². The number of amides is 3. The third kappa shape index (κ3) is 13.5. The smallest absolute Gasteiger partial charge is 0.243 e. The number of aldehydes is 1. The zero-order valence-corrected chi connectivity index (χ0v) is 29.6. The van der Waals surface area contributed by atoms with Gasteiger partial charge in [0.25, 0.3) is 0 Å². The Balaban J connectivity index is 1.68. The van der Waals surface area contributed by atoms with Crippen molar-refractivity contribution in [2.75, 3.05) is 0 Å². The Morgan fingerprint density at radius 2 is 1.48 bits per heavy atom. The number of ketones is 1. The number of carbonyl (C=O) groups excluding carboxylic acids is 5. The molecule has 8 heteroatoms. The second kappa shape index (κ2) is 21.4. The van der Waals surface area contributed by atoms with Crippen LogP contribution in [0.1, 0.15) is 129 Å². The Hall–Kier alpha value is -3.55. The van der Waals surface area contributed by atoms with E-state index in [1.807, 2.05) is 56.3 Å². The van der Waals surface area contributed by atoms with Crippen LogP contribution in [0.5, 0.6) is 0 Å². The molecule has 3 rings (SSSR count). The van der Waals surface area contributed by atoms with Crippen molar-refractivity contribution in [2.24, 2.45) is 11.8 Å². The fourth-order valence-corrected chi connectivity index (χ4v) is 6.78. The lowest BCUT2D eigenvalue weighted by atomic mass is 9.84. The van der Waals surface area contributed by atoms with Crippen molar-refractivity contribution in [3.05, 3.63) is 48.0 Å². The fourth-order valence-electron chi connectivity index (χ4n) is 6.78. The van der Waals surface area contributed by atoms with Gasteiger partial charge in [-0.25, -0.2) is 0 Å². The van der Waals surface area contributed by atoms with Gasteiger partial charge in [-0.1, -0.05) is 121 Å². The minimum Gasteiger partial charge on any atom is -0.345 e. The highest BCUT2D eigenvalue weighted by atomic mass is 16.2. The molecule has 1 aliphatic rings. The summed E-state index contributed by atoms with van der Waals surface area (Å²) in [7, 11) is 0. The number of nitrogens with one attached hydrogen (secondary N) is 3. The van der Waals surface area contributed by atoms with Gasteiger partial charge in [0, 0.05) is 25.2 Å². The summed E-state index contributed by atoms with van der Waals surface area (Å²) in [6.07, 6.45) is 15.3. The maximum Gasteiger partial charge on any atom is 0.243 e. The molecule has 0 spiro atoms. The first kappa shape index (κ1) is 38.9. The highest BCUT2D eigenvalue weighted by Gasteiger charge is 2.31. The zero-order chi connectivity index (χ0) is 34.7. The van der Waals surface area contributed by atoms with Crippen LogP contribution in [0.2, 0.25) is 0 Å². The third-order valence-corrected chi connectivity index (χ3v) is 9.51. The third-order valence-electron chi connectivity index (χ3n) is 9.51. The maximum absolute atomic E-state index is 13.9. The predicted octanol–water partition coefficient (Wildman–Crippen LogP) is 7.15. The molecule has 0 unspecified atom stereocenters. The van der Waals surface area contributed by atoms with Gasteiger partial charge < -0.3 is 20.7 Å². The standard InChI is InChI=1S/C40H59N3O5/c1-4-5-6-7-8-9-10-11-12-24-38(46)42-36(27-31-21-17-20-30-18-13-15-22-34(30)31)40(48)43-35(25-29(2)3)39(47)41-33(28-44)26-32-19-14-16-23-37(32)45/h13,15,17-18,20-22,28-29,32-33,35-36H,4-12,14,16,19,23-27H2,1-3H3,(H,41,47)(H,42,46)(H,43,48)/t32-,33-,35-,36-/m0/s1. The first-order valence-electron chi connectivity index (χ1n) is 18.6. The Labute approximate surface area is 288 Å². The van der Waals surface area contributed by atoms with Crippen LogP contribution < -0.4 is 16.0 Å². The van der Waals surface area contributed by atoms with E-state index in [0.717, 1.165) is 54.9 Å². The molecule has 2 aromatic rings. The largest absolute Gasteiger partial charge is 0.345 e. The summed E-state index contributed by atoms with van der Waals surface area (Å²) in [6, 6.07) is 11.3. The highest BCUT2D eigenvalue weighted by molar-refractivity contribution is 5.94. The molecule has 0 radical (unpaired) electrons. The average molecular weight is 662 g/mol. The minimum atomic E-state index is -0.897. The van der Waals surface area contributed by atoms with E-state index in [9.17, 15) is 24.0 Å². The Morgan fingerprint density at radius 3 is 2.17 bits per heavy atom. The van der Waals surface area contributed by atoms with E-state index in [2.05, 4.69) is 22.9 Å². The Bertz CT molecular complexity index is 1320. The van der Waals surface area contributed by atoms with Gasteiger partial charge in [-0.15, -0.1) is 0 Å². The lowest BCUT2D eigenvalue weighted by molar-refractivity contribution is -0.133. The molecule has 1 aliphatic carbocycles. The molecule has 1 fully saturated rings. The van der Waals surface area contributed by atoms with Gasteiger partial charge in [0.15, 0.2) is 0 Å². The molecule has 0 aliphatic heterocycles. The van der Waals surface area contributed by atoms with Gasteiger partial charge >= 0.3 is 0 Å². The molecule has 0 heterocycles. The topological polar surface area (TPSA) is 121 Å². The molecule has 1 saturated carbocycles. The van der Waals surface area contributed by atoms with E-state index in [0.29, 0.717) is 25.5 Å². The highest BCUT2D eigenvalue weighted by Crippen LogP contribution is 2.25. The Kier molecular flexibility index (Phi) is 17.4. The van der Waals surface area contributed by atoms with E-state index in [1.165, 1.54) is 38.5 Å². The summed E-state index contributed by atoms with van der Waals surface area (Å²) in [5.41, 5.74) is 0.930. The summed E-state index contributed by atoms with van der Waals surface area (Å²) in [5.74, 6) is -1.09. The summed E-state index contributed by atoms with van der Waals surface area (Å²) in [6.45, 7) is 6.15. The van der Waals surface area contributed by atoms with E-state index in [-0.39, 0.29) is 36.4 Å². The molecule has 3 N–H and O–H groups in total. The first-order valence-corrected chi connectivity index (χ1v) is 18.6. The van der Waals surface area contributed by atoms with Crippen LogP contribution in [0.3, 0.4) is 0 Å². The molecule has 3 amide bonds. The predicted molar refractivity (Wildman–Crippen MR) is 192 cm³/mol. The first-order chi connectivity index (χ1) is 23.2. The quantitative estimate of drug-likeness (QED) is 0.0914. The molecule has 2 aromatic carbocycles. The molecule has 264 valence electrons. The molecule has 4 atom stereocenters. The number of Topliss-reactive ketones (excluding diaryl/α,β-unsaturated/α-hetero) is 1. The van der Waals surface area contributed by atoms with E-state index in [4.69, 9.17) is 0 Å². The van der Waals surface area contributed by atoms with Gasteiger partial charge in [-0.2, -0.15) is 0 Å². The van der Waals surface area contributed by atoms with Gasteiger partial charge in [-0.05, 0) is 54.4 Å². The molecule has 0 bridgehead atoms. The summed E-state index contributed by atoms with van der Waals surface area (Å²) in [4.78, 5) is 65.0. The van der Waals surface area contributed by atoms with Crippen molar-refractivity contribution < 1.29 is 24.0 Å². The number of carbonyl (C=O) groups is 5. The molecule has 0 saturated heterocycles. The number of benzene rings is 2. The zero-order valence-electron chi connectivity index (χ0n) is 29.6.